The molecular weight excluding hydrogens is 410 g/mol. The Morgan fingerprint density at radius 2 is 1.68 bits per heavy atom. The van der Waals surface area contributed by atoms with E-state index in [1.165, 1.54) is 6.92 Å². The van der Waals surface area contributed by atoms with Gasteiger partial charge in [-0.25, -0.2) is 14.5 Å². The molecule has 8 N–H and O–H groups in total. The van der Waals surface area contributed by atoms with Gasteiger partial charge in [-0.05, 0) is 59.9 Å². The summed E-state index contributed by atoms with van der Waals surface area (Å²) < 4.78 is 5.17. The quantitative estimate of drug-likeness (QED) is 0.243. The van der Waals surface area contributed by atoms with Crippen LogP contribution in [-0.4, -0.2) is 70.1 Å². The van der Waals surface area contributed by atoms with Gasteiger partial charge in [0.1, 0.15) is 17.7 Å². The molecule has 3 atom stereocenters. The van der Waals surface area contributed by atoms with E-state index in [1.807, 2.05) is 0 Å². The van der Waals surface area contributed by atoms with Crippen LogP contribution >= 0.6 is 0 Å². The van der Waals surface area contributed by atoms with Crippen LogP contribution in [0.2, 0.25) is 0 Å². The molecule has 0 radical (unpaired) electrons. The number of carbonyl (C=O) groups excluding carboxylic acids is 4. The van der Waals surface area contributed by atoms with Gasteiger partial charge in [-0.3, -0.25) is 14.4 Å². The van der Waals surface area contributed by atoms with E-state index in [0.717, 1.165) is 0 Å². The summed E-state index contributed by atoms with van der Waals surface area (Å²) in [5.41, 5.74) is 15.4. The maximum absolute atomic E-state index is 12.5. The van der Waals surface area contributed by atoms with Crippen LogP contribution in [0.1, 0.15) is 59.8 Å². The summed E-state index contributed by atoms with van der Waals surface area (Å²) in [6.07, 6.45) is -0.511. The van der Waals surface area contributed by atoms with Crippen LogP contribution in [0, 0.1) is 0 Å². The van der Waals surface area contributed by atoms with E-state index in [2.05, 4.69) is 5.32 Å². The molecule has 0 heterocycles. The van der Waals surface area contributed by atoms with Gasteiger partial charge in [0, 0.05) is 6.42 Å². The van der Waals surface area contributed by atoms with Crippen molar-refractivity contribution in [2.45, 2.75) is 83.5 Å². The SMILES string of the molecule is C[C@H](N)C(=O)N(C(=O)OC(C)(C)C)[C@H](CCC(=O)N[C@@H](CCCCN)C(=O)O)C(N)=O. The molecule has 0 spiro atoms. The molecule has 0 aliphatic rings. The van der Waals surface area contributed by atoms with Crippen LogP contribution in [0.3, 0.4) is 0 Å². The minimum absolute atomic E-state index is 0.185. The molecule has 0 aliphatic heterocycles. The molecule has 0 rings (SSSR count). The van der Waals surface area contributed by atoms with Crippen molar-refractivity contribution in [2.24, 2.45) is 17.2 Å². The first kappa shape index (κ1) is 28.3. The summed E-state index contributed by atoms with van der Waals surface area (Å²) in [7, 11) is 0. The minimum atomic E-state index is -1.50. The van der Waals surface area contributed by atoms with Crippen LogP contribution in [0.4, 0.5) is 4.79 Å². The monoisotopic (exact) mass is 445 g/mol. The van der Waals surface area contributed by atoms with Crippen molar-refractivity contribution in [2.75, 3.05) is 6.54 Å². The number of unbranched alkanes of at least 4 members (excludes halogenated alkanes) is 1. The van der Waals surface area contributed by atoms with Gasteiger partial charge in [-0.2, -0.15) is 0 Å². The highest BCUT2D eigenvalue weighted by atomic mass is 16.6. The standard InChI is InChI=1S/C19H35N5O7/c1-11(21)16(27)24(18(30)31-19(2,3)4)13(15(22)26)8-9-14(25)23-12(17(28)29)7-5-6-10-20/h11-13H,5-10,20-21H2,1-4H3,(H2,22,26)(H,23,25)(H,28,29)/t11-,12-,13+/m0/s1. The third kappa shape index (κ3) is 10.7. The lowest BCUT2D eigenvalue weighted by Gasteiger charge is -2.31. The number of aliphatic carboxylic acids is 1. The lowest BCUT2D eigenvalue weighted by atomic mass is 10.1. The molecule has 12 nitrogen and oxygen atoms in total. The largest absolute Gasteiger partial charge is 0.480 e. The van der Waals surface area contributed by atoms with E-state index in [1.54, 1.807) is 20.8 Å². The molecule has 4 amide bonds. The number of primary amides is 1. The fraction of sp³-hybridized carbons (Fsp3) is 0.737. The van der Waals surface area contributed by atoms with Crippen LogP contribution in [0.25, 0.3) is 0 Å². The molecular formula is C19H35N5O7. The number of hydrogen-bond donors (Lipinski definition) is 5. The Morgan fingerprint density at radius 1 is 1.10 bits per heavy atom. The van der Waals surface area contributed by atoms with Crippen molar-refractivity contribution < 1.29 is 33.8 Å². The van der Waals surface area contributed by atoms with Gasteiger partial charge < -0.3 is 32.4 Å². The van der Waals surface area contributed by atoms with Crippen molar-refractivity contribution in [3.05, 3.63) is 0 Å². The van der Waals surface area contributed by atoms with Gasteiger partial charge in [0.2, 0.25) is 17.7 Å². The molecule has 0 saturated carbocycles. The van der Waals surface area contributed by atoms with Crippen molar-refractivity contribution in [1.82, 2.24) is 10.2 Å². The predicted octanol–water partition coefficient (Wildman–Crippen LogP) is -0.570. The number of rotatable bonds is 12. The zero-order valence-electron chi connectivity index (χ0n) is 18.6. The average Bonchev–Trinajstić information content (AvgIpc) is 2.61. The Hall–Kier alpha value is -2.73. The second-order valence-electron chi connectivity index (χ2n) is 8.18. The Balaban J connectivity index is 5.38. The smallest absolute Gasteiger partial charge is 0.417 e. The van der Waals surface area contributed by atoms with E-state index in [-0.39, 0.29) is 19.3 Å². The van der Waals surface area contributed by atoms with Gasteiger partial charge in [0.25, 0.3) is 0 Å². The van der Waals surface area contributed by atoms with E-state index >= 15 is 0 Å². The Kier molecular flexibility index (Phi) is 11.7. The van der Waals surface area contributed by atoms with Crippen LogP contribution in [0.5, 0.6) is 0 Å². The molecule has 0 aromatic carbocycles. The topological polar surface area (TPSA) is 208 Å². The lowest BCUT2D eigenvalue weighted by molar-refractivity contribution is -0.142. The number of amides is 4. The number of nitrogens with zero attached hydrogens (tertiary/aromatic N) is 1. The first-order valence-electron chi connectivity index (χ1n) is 10.0. The molecule has 0 unspecified atom stereocenters. The van der Waals surface area contributed by atoms with E-state index < -0.39 is 53.5 Å². The number of imide groups is 1. The number of hydrogen-bond acceptors (Lipinski definition) is 8. The summed E-state index contributed by atoms with van der Waals surface area (Å²) in [5.74, 6) is -3.82. The highest BCUT2D eigenvalue weighted by Gasteiger charge is 2.38. The summed E-state index contributed by atoms with van der Waals surface area (Å²) in [4.78, 5) is 61.1. The first-order chi connectivity index (χ1) is 14.2. The molecule has 178 valence electrons. The van der Waals surface area contributed by atoms with Crippen LogP contribution in [-0.2, 0) is 23.9 Å². The molecule has 0 fully saturated rings. The number of nitrogens with one attached hydrogen (secondary N) is 1. The second-order valence-corrected chi connectivity index (χ2v) is 8.18. The maximum atomic E-state index is 12.5. The summed E-state index contributed by atoms with van der Waals surface area (Å²) in [6.45, 7) is 6.44. The number of ether oxygens (including phenoxy) is 1. The number of nitrogens with two attached hydrogens (primary N) is 3. The molecule has 31 heavy (non-hydrogen) atoms. The molecule has 0 aromatic rings. The highest BCUT2D eigenvalue weighted by molar-refractivity contribution is 6.00. The van der Waals surface area contributed by atoms with Crippen molar-refractivity contribution >= 4 is 29.8 Å². The third-order valence-corrected chi connectivity index (χ3v) is 4.08. The fourth-order valence-electron chi connectivity index (χ4n) is 2.58. The molecule has 12 heteroatoms. The number of carboxylic acid groups (broad SMARTS) is 1. The minimum Gasteiger partial charge on any atom is -0.480 e. The van der Waals surface area contributed by atoms with Crippen molar-refractivity contribution in [3.8, 4) is 0 Å². The summed E-state index contributed by atoms with van der Waals surface area (Å²) in [5, 5.41) is 11.6. The van der Waals surface area contributed by atoms with Gasteiger partial charge in [-0.1, -0.05) is 0 Å². The zero-order valence-corrected chi connectivity index (χ0v) is 18.6. The summed E-state index contributed by atoms with van der Waals surface area (Å²) >= 11 is 0. The average molecular weight is 446 g/mol. The van der Waals surface area contributed by atoms with Gasteiger partial charge in [0.15, 0.2) is 0 Å². The van der Waals surface area contributed by atoms with Crippen molar-refractivity contribution in [3.63, 3.8) is 0 Å². The molecule has 0 bridgehead atoms. The predicted molar refractivity (Wildman–Crippen MR) is 111 cm³/mol. The summed E-state index contributed by atoms with van der Waals surface area (Å²) in [6, 6.07) is -3.76. The van der Waals surface area contributed by atoms with E-state index in [9.17, 15) is 29.1 Å². The Morgan fingerprint density at radius 3 is 2.10 bits per heavy atom. The number of carbonyl (C=O) groups is 5. The van der Waals surface area contributed by atoms with Crippen molar-refractivity contribution in [1.29, 1.82) is 0 Å². The Labute approximate surface area is 181 Å². The van der Waals surface area contributed by atoms with E-state index in [4.69, 9.17) is 21.9 Å². The van der Waals surface area contributed by atoms with Gasteiger partial charge in [-0.15, -0.1) is 0 Å². The van der Waals surface area contributed by atoms with Gasteiger partial charge in [0.05, 0.1) is 6.04 Å². The maximum Gasteiger partial charge on any atom is 0.417 e. The second kappa shape index (κ2) is 12.8. The highest BCUT2D eigenvalue weighted by Crippen LogP contribution is 2.16. The lowest BCUT2D eigenvalue weighted by Crippen LogP contribution is -2.56. The first-order valence-corrected chi connectivity index (χ1v) is 10.0. The van der Waals surface area contributed by atoms with Crippen LogP contribution < -0.4 is 22.5 Å². The third-order valence-electron chi connectivity index (χ3n) is 4.08. The molecule has 0 aliphatic carbocycles. The van der Waals surface area contributed by atoms with Crippen LogP contribution in [0.15, 0.2) is 0 Å². The number of carboxylic acids is 1. The van der Waals surface area contributed by atoms with Gasteiger partial charge >= 0.3 is 12.1 Å². The fourth-order valence-corrected chi connectivity index (χ4v) is 2.58. The zero-order chi connectivity index (χ0) is 24.4. The molecule has 0 saturated heterocycles. The normalized spacial score (nSPS) is 14.1. The Bertz CT molecular complexity index is 661. The van der Waals surface area contributed by atoms with E-state index in [0.29, 0.717) is 24.3 Å². The molecule has 0 aromatic heterocycles.